The highest BCUT2D eigenvalue weighted by molar-refractivity contribution is 7.98. The highest BCUT2D eigenvalue weighted by Gasteiger charge is 2.31. The Balaban J connectivity index is 1.68. The number of halogens is 3. The van der Waals surface area contributed by atoms with Gasteiger partial charge in [0.25, 0.3) is 5.91 Å². The molecule has 0 bridgehead atoms. The van der Waals surface area contributed by atoms with Crippen molar-refractivity contribution in [3.05, 3.63) is 71.4 Å². The van der Waals surface area contributed by atoms with E-state index in [-0.39, 0.29) is 5.76 Å². The van der Waals surface area contributed by atoms with Crippen LogP contribution in [0.1, 0.15) is 53.2 Å². The molecule has 3 aromatic rings. The average molecular weight is 437 g/mol. The molecule has 0 radical (unpaired) electrons. The van der Waals surface area contributed by atoms with Crippen LogP contribution in [0, 0.1) is 0 Å². The Morgan fingerprint density at radius 3 is 2.77 bits per heavy atom. The molecule has 1 aromatic carbocycles. The number of thioether (sulfide) groups is 1. The molecule has 30 heavy (non-hydrogen) atoms. The van der Waals surface area contributed by atoms with Gasteiger partial charge in [0.1, 0.15) is 5.76 Å². The van der Waals surface area contributed by atoms with E-state index < -0.39 is 23.7 Å². The molecule has 0 saturated carbocycles. The fourth-order valence-corrected chi connectivity index (χ4v) is 3.80. The Hall–Kier alpha value is -2.68. The van der Waals surface area contributed by atoms with Gasteiger partial charge < -0.3 is 14.3 Å². The van der Waals surface area contributed by atoms with E-state index in [1.165, 1.54) is 17.8 Å². The van der Waals surface area contributed by atoms with Gasteiger partial charge in [-0.3, -0.25) is 4.79 Å². The number of carbonyl (C=O) groups excluding carboxylic acids is 1. The van der Waals surface area contributed by atoms with Gasteiger partial charge in [-0.1, -0.05) is 37.2 Å². The van der Waals surface area contributed by atoms with Gasteiger partial charge in [-0.05, 0) is 36.2 Å². The van der Waals surface area contributed by atoms with Gasteiger partial charge in [0.05, 0.1) is 17.4 Å². The van der Waals surface area contributed by atoms with E-state index in [4.69, 9.17) is 4.42 Å². The maximum atomic E-state index is 13.0. The van der Waals surface area contributed by atoms with Crippen molar-refractivity contribution in [2.75, 3.05) is 0 Å². The number of hydrogen-bond acceptors (Lipinski definition) is 4. The molecule has 0 aliphatic heterocycles. The topological polar surface area (TPSA) is 60.1 Å². The molecule has 0 aliphatic rings. The van der Waals surface area contributed by atoms with Crippen LogP contribution in [0.5, 0.6) is 0 Å². The number of nitrogens with one attached hydrogen (secondary N) is 1. The lowest BCUT2D eigenvalue weighted by atomic mass is 9.99. The van der Waals surface area contributed by atoms with Crippen LogP contribution in [-0.4, -0.2) is 15.5 Å². The Bertz CT molecular complexity index is 997. The van der Waals surface area contributed by atoms with Crippen molar-refractivity contribution >= 4 is 17.7 Å². The second kappa shape index (κ2) is 9.42. The molecule has 1 N–H and O–H groups in total. The Labute approximate surface area is 176 Å². The zero-order valence-corrected chi connectivity index (χ0v) is 17.4. The number of furan rings is 1. The lowest BCUT2D eigenvalue weighted by Gasteiger charge is -2.19. The number of nitrogens with zero attached hydrogens (tertiary/aromatic N) is 2. The van der Waals surface area contributed by atoms with E-state index in [0.29, 0.717) is 29.9 Å². The maximum absolute atomic E-state index is 13.0. The number of aryl methyl sites for hydroxylation is 1. The van der Waals surface area contributed by atoms with Crippen LogP contribution in [0.2, 0.25) is 0 Å². The van der Waals surface area contributed by atoms with E-state index >= 15 is 0 Å². The van der Waals surface area contributed by atoms with E-state index in [1.54, 1.807) is 24.4 Å². The molecule has 1 atom stereocenters. The standard InChI is InChI=1S/C21H22F3N3O2S/c1-3-5-17(14-6-4-7-15(12-14)21(22,23)24)26-19(28)18-9-8-16(29-18)13-30-20-25-10-11-27(20)2/h4,6-12,17H,3,5,13H2,1-2H3,(H,26,28). The summed E-state index contributed by atoms with van der Waals surface area (Å²) in [4.78, 5) is 16.9. The second-order valence-electron chi connectivity index (χ2n) is 6.81. The van der Waals surface area contributed by atoms with Crippen molar-refractivity contribution in [3.8, 4) is 0 Å². The van der Waals surface area contributed by atoms with Crippen LogP contribution in [0.4, 0.5) is 13.2 Å². The number of benzene rings is 1. The van der Waals surface area contributed by atoms with E-state index in [9.17, 15) is 18.0 Å². The van der Waals surface area contributed by atoms with Crippen LogP contribution in [-0.2, 0) is 19.0 Å². The van der Waals surface area contributed by atoms with Crippen molar-refractivity contribution in [2.24, 2.45) is 7.05 Å². The summed E-state index contributed by atoms with van der Waals surface area (Å²) in [7, 11) is 1.89. The van der Waals surface area contributed by atoms with Crippen molar-refractivity contribution in [2.45, 2.75) is 42.9 Å². The van der Waals surface area contributed by atoms with E-state index in [1.807, 2.05) is 24.7 Å². The predicted molar refractivity (Wildman–Crippen MR) is 108 cm³/mol. The summed E-state index contributed by atoms with van der Waals surface area (Å²) in [6.45, 7) is 1.91. The predicted octanol–water partition coefficient (Wildman–Crippen LogP) is 5.60. The fourth-order valence-electron chi connectivity index (χ4n) is 2.98. The minimum atomic E-state index is -4.43. The highest BCUT2D eigenvalue weighted by Crippen LogP contribution is 2.31. The number of alkyl halides is 3. The summed E-state index contributed by atoms with van der Waals surface area (Å²) in [6.07, 6.45) is 0.314. The Morgan fingerprint density at radius 1 is 1.30 bits per heavy atom. The number of imidazole rings is 1. The lowest BCUT2D eigenvalue weighted by molar-refractivity contribution is -0.137. The van der Waals surface area contributed by atoms with Crippen LogP contribution >= 0.6 is 11.8 Å². The molecule has 1 unspecified atom stereocenters. The van der Waals surface area contributed by atoms with Gasteiger partial charge in [0.2, 0.25) is 0 Å². The molecule has 2 aromatic heterocycles. The molecule has 160 valence electrons. The van der Waals surface area contributed by atoms with E-state index in [2.05, 4.69) is 10.3 Å². The first-order chi connectivity index (χ1) is 14.3. The maximum Gasteiger partial charge on any atom is 0.416 e. The summed E-state index contributed by atoms with van der Waals surface area (Å²) in [5, 5.41) is 3.62. The normalized spacial score (nSPS) is 12.7. The zero-order chi connectivity index (χ0) is 21.7. The number of aromatic nitrogens is 2. The first-order valence-electron chi connectivity index (χ1n) is 9.44. The third-order valence-electron chi connectivity index (χ3n) is 4.50. The fraction of sp³-hybridized carbons (Fsp3) is 0.333. The minimum absolute atomic E-state index is 0.124. The first-order valence-corrected chi connectivity index (χ1v) is 10.4. The summed E-state index contributed by atoms with van der Waals surface area (Å²) >= 11 is 1.47. The van der Waals surface area contributed by atoms with Crippen molar-refractivity contribution in [3.63, 3.8) is 0 Å². The second-order valence-corrected chi connectivity index (χ2v) is 7.76. The number of carbonyl (C=O) groups is 1. The molecule has 0 saturated heterocycles. The number of amides is 1. The molecule has 0 aliphatic carbocycles. The van der Waals surface area contributed by atoms with Crippen molar-refractivity contribution in [1.82, 2.24) is 14.9 Å². The van der Waals surface area contributed by atoms with Gasteiger partial charge in [-0.25, -0.2) is 4.98 Å². The van der Waals surface area contributed by atoms with Gasteiger partial charge >= 0.3 is 6.18 Å². The summed E-state index contributed by atoms with van der Waals surface area (Å²) in [5.74, 6) is 0.779. The molecular formula is C21H22F3N3O2S. The van der Waals surface area contributed by atoms with Gasteiger partial charge in [0, 0.05) is 19.4 Å². The molecule has 5 nitrogen and oxygen atoms in total. The van der Waals surface area contributed by atoms with Crippen LogP contribution in [0.25, 0.3) is 0 Å². The SMILES string of the molecule is CCCC(NC(=O)c1ccc(CSc2nccn2C)o1)c1cccc(C(F)(F)F)c1. The molecule has 0 spiro atoms. The summed E-state index contributed by atoms with van der Waals surface area (Å²) < 4.78 is 46.6. The van der Waals surface area contributed by atoms with Crippen LogP contribution in [0.15, 0.2) is 58.4 Å². The van der Waals surface area contributed by atoms with Crippen LogP contribution < -0.4 is 5.32 Å². The largest absolute Gasteiger partial charge is 0.455 e. The quantitative estimate of drug-likeness (QED) is 0.467. The molecule has 2 heterocycles. The molecule has 3 rings (SSSR count). The Kier molecular flexibility index (Phi) is 6.91. The Morgan fingerprint density at radius 2 is 2.10 bits per heavy atom. The highest BCUT2D eigenvalue weighted by atomic mass is 32.2. The van der Waals surface area contributed by atoms with E-state index in [0.717, 1.165) is 17.3 Å². The summed E-state index contributed by atoms with van der Waals surface area (Å²) in [6, 6.07) is 7.78. The molecular weight excluding hydrogens is 415 g/mol. The minimum Gasteiger partial charge on any atom is -0.455 e. The van der Waals surface area contributed by atoms with Crippen molar-refractivity contribution < 1.29 is 22.4 Å². The molecule has 9 heteroatoms. The molecule has 0 fully saturated rings. The smallest absolute Gasteiger partial charge is 0.416 e. The first kappa shape index (κ1) is 22.0. The van der Waals surface area contributed by atoms with Gasteiger partial charge in [-0.15, -0.1) is 0 Å². The summed E-state index contributed by atoms with van der Waals surface area (Å²) in [5.41, 5.74) is -0.320. The number of rotatable bonds is 8. The molecule has 1 amide bonds. The zero-order valence-electron chi connectivity index (χ0n) is 16.6. The van der Waals surface area contributed by atoms with Gasteiger partial charge in [0.15, 0.2) is 10.9 Å². The lowest BCUT2D eigenvalue weighted by Crippen LogP contribution is -2.28. The third kappa shape index (κ3) is 5.47. The monoisotopic (exact) mass is 437 g/mol. The van der Waals surface area contributed by atoms with Gasteiger partial charge in [-0.2, -0.15) is 13.2 Å². The van der Waals surface area contributed by atoms with Crippen LogP contribution in [0.3, 0.4) is 0 Å². The third-order valence-corrected chi connectivity index (χ3v) is 5.59. The van der Waals surface area contributed by atoms with Crippen molar-refractivity contribution in [1.29, 1.82) is 0 Å². The average Bonchev–Trinajstić information content (AvgIpc) is 3.34. The number of hydrogen-bond donors (Lipinski definition) is 1.